The first-order valence-corrected chi connectivity index (χ1v) is 10.8. The van der Waals surface area contributed by atoms with Crippen molar-refractivity contribution in [3.05, 3.63) is 88.8 Å². The molecule has 0 aliphatic rings. The third-order valence-electron chi connectivity index (χ3n) is 4.25. The van der Waals surface area contributed by atoms with Gasteiger partial charge in [-0.05, 0) is 0 Å². The molecule has 0 atom stereocenters. The number of halogens is 9. The van der Waals surface area contributed by atoms with E-state index in [1.807, 2.05) is 0 Å². The van der Waals surface area contributed by atoms with Crippen LogP contribution in [0, 0.1) is 52.4 Å². The highest BCUT2D eigenvalue weighted by Gasteiger charge is 2.39. The van der Waals surface area contributed by atoms with E-state index in [9.17, 15) is 44.1 Å². The first-order chi connectivity index (χ1) is 17.6. The summed E-state index contributed by atoms with van der Waals surface area (Å²) in [5.41, 5.74) is -3.54. The number of nitrogens with two attached hydrogens (primary N) is 3. The number of nitrogens with zero attached hydrogens (tertiary/aromatic N) is 3. The fourth-order valence-corrected chi connectivity index (χ4v) is 3.54. The van der Waals surface area contributed by atoms with Crippen LogP contribution >= 0.6 is 7.82 Å². The predicted octanol–water partition coefficient (Wildman–Crippen LogP) is 4.28. The van der Waals surface area contributed by atoms with E-state index in [0.717, 1.165) is 0 Å². The molecule has 0 bridgehead atoms. The van der Waals surface area contributed by atoms with Crippen molar-refractivity contribution in [2.75, 3.05) is 15.5 Å². The molecule has 0 aliphatic carbocycles. The van der Waals surface area contributed by atoms with Gasteiger partial charge in [0.1, 0.15) is 17.1 Å². The van der Waals surface area contributed by atoms with Gasteiger partial charge in [0.25, 0.3) is 0 Å². The van der Waals surface area contributed by atoms with Crippen LogP contribution in [0.1, 0.15) is 0 Å². The molecule has 3 aromatic carbocycles. The minimum Gasteiger partial charge on any atom is -0.222 e. The van der Waals surface area contributed by atoms with Crippen LogP contribution in [0.5, 0.6) is 0 Å². The molecule has 0 amide bonds. The molecule has 0 saturated heterocycles. The quantitative estimate of drug-likeness (QED) is 0.111. The van der Waals surface area contributed by atoms with Crippen molar-refractivity contribution < 1.29 is 58.0 Å². The Hall–Kier alpha value is -3.58. The largest absolute Gasteiger partial charge is 0.543 e. The zero-order valence-corrected chi connectivity index (χ0v) is 18.9. The lowest BCUT2D eigenvalue weighted by atomic mass is 10.3. The summed E-state index contributed by atoms with van der Waals surface area (Å²) < 4.78 is 149. The fourth-order valence-electron chi connectivity index (χ4n) is 2.54. The van der Waals surface area contributed by atoms with Gasteiger partial charge in [0.05, 0.1) is 0 Å². The molecular weight excluding hydrogens is 566 g/mol. The SMILES string of the molecule is NN(OP(=O)(ON(N)c1cc(F)c(F)cc1F)ON(N)c1cc(F)c(F)cc1F)c1cc(F)c(F)cc1F. The summed E-state index contributed by atoms with van der Waals surface area (Å²) in [4.78, 5) is 0. The van der Waals surface area contributed by atoms with E-state index in [4.69, 9.17) is 17.5 Å². The van der Waals surface area contributed by atoms with Crippen LogP contribution in [0.15, 0.2) is 36.4 Å². The summed E-state index contributed by atoms with van der Waals surface area (Å²) in [5.74, 6) is 1.05. The Bertz CT molecular complexity index is 1260. The van der Waals surface area contributed by atoms with Gasteiger partial charge < -0.3 is 0 Å². The van der Waals surface area contributed by atoms with Crippen molar-refractivity contribution >= 4 is 24.9 Å². The molecule has 0 radical (unpaired) electrons. The van der Waals surface area contributed by atoms with Crippen molar-refractivity contribution in [1.82, 2.24) is 0 Å². The summed E-state index contributed by atoms with van der Waals surface area (Å²) in [6.45, 7) is 0. The number of anilines is 3. The Morgan fingerprint density at radius 1 is 0.447 bits per heavy atom. The van der Waals surface area contributed by atoms with Crippen LogP contribution in [0.2, 0.25) is 0 Å². The van der Waals surface area contributed by atoms with E-state index in [-0.39, 0.29) is 51.9 Å². The summed E-state index contributed by atoms with van der Waals surface area (Å²) in [5, 5.41) is -1.16. The predicted molar refractivity (Wildman–Crippen MR) is 110 cm³/mol. The highest BCUT2D eigenvalue weighted by atomic mass is 31.2. The molecule has 6 N–H and O–H groups in total. The Morgan fingerprint density at radius 3 is 0.895 bits per heavy atom. The molecule has 20 heteroatoms. The average Bonchev–Trinajstić information content (AvgIpc) is 2.80. The standard InChI is InChI=1S/C18H12F9N6O4P/c19-7-1-13(25)16(4-10(7)22)31(28)35-38(34,36-32(29)17-5-11(23)8(20)2-14(17)26)37-33(30)18-6-12(24)9(21)3-15(18)27/h1-6H,28-30H2. The first-order valence-electron chi connectivity index (χ1n) is 9.39. The maximum atomic E-state index is 14.1. The second-order valence-electron chi connectivity index (χ2n) is 6.82. The third kappa shape index (κ3) is 6.27. The van der Waals surface area contributed by atoms with Crippen LogP contribution in [0.25, 0.3) is 0 Å². The second kappa shape index (κ2) is 11.0. The first kappa shape index (κ1) is 29.0. The van der Waals surface area contributed by atoms with E-state index in [2.05, 4.69) is 13.9 Å². The number of benzene rings is 3. The number of hydrogen-bond donors (Lipinski definition) is 3. The molecule has 3 aromatic rings. The molecule has 0 aromatic heterocycles. The topological polar surface area (TPSA) is 133 Å². The van der Waals surface area contributed by atoms with Gasteiger partial charge in [-0.15, -0.1) is 13.9 Å². The summed E-state index contributed by atoms with van der Waals surface area (Å²) in [7, 11) is -5.77. The summed E-state index contributed by atoms with van der Waals surface area (Å²) >= 11 is 0. The minimum absolute atomic E-state index is 0.0155. The smallest absolute Gasteiger partial charge is 0.222 e. The minimum atomic E-state index is -5.77. The Kier molecular flexibility index (Phi) is 8.42. The second-order valence-corrected chi connectivity index (χ2v) is 8.21. The van der Waals surface area contributed by atoms with Gasteiger partial charge >= 0.3 is 7.82 Å². The average molecular weight is 578 g/mol. The molecule has 206 valence electrons. The van der Waals surface area contributed by atoms with E-state index in [1.54, 1.807) is 0 Å². The highest BCUT2D eigenvalue weighted by molar-refractivity contribution is 7.48. The molecule has 3 rings (SSSR count). The number of hydrazine groups is 3. The van der Waals surface area contributed by atoms with Crippen molar-refractivity contribution in [3.8, 4) is 0 Å². The molecule has 38 heavy (non-hydrogen) atoms. The molecular formula is C18H12F9N6O4P. The monoisotopic (exact) mass is 578 g/mol. The third-order valence-corrected chi connectivity index (χ3v) is 5.37. The van der Waals surface area contributed by atoms with Crippen molar-refractivity contribution in [2.45, 2.75) is 0 Å². The van der Waals surface area contributed by atoms with Crippen LogP contribution in [-0.4, -0.2) is 0 Å². The van der Waals surface area contributed by atoms with Crippen LogP contribution < -0.4 is 33.0 Å². The van der Waals surface area contributed by atoms with Crippen molar-refractivity contribution in [2.24, 2.45) is 17.5 Å². The zero-order valence-electron chi connectivity index (χ0n) is 18.0. The van der Waals surface area contributed by atoms with Gasteiger partial charge in [0.15, 0.2) is 52.4 Å². The Labute approximate surface area is 205 Å². The van der Waals surface area contributed by atoms with E-state index >= 15 is 0 Å². The summed E-state index contributed by atoms with van der Waals surface area (Å²) in [6, 6.07) is 0.243. The molecule has 0 spiro atoms. The lowest BCUT2D eigenvalue weighted by Crippen LogP contribution is -2.39. The van der Waals surface area contributed by atoms with Gasteiger partial charge in [0.2, 0.25) is 0 Å². The highest BCUT2D eigenvalue weighted by Crippen LogP contribution is 2.52. The molecule has 0 aliphatic heterocycles. The van der Waals surface area contributed by atoms with Crippen molar-refractivity contribution in [3.63, 3.8) is 0 Å². The lowest BCUT2D eigenvalue weighted by Gasteiger charge is -2.29. The molecule has 0 unspecified atom stereocenters. The Balaban J connectivity index is 2.00. The summed E-state index contributed by atoms with van der Waals surface area (Å²) in [6.07, 6.45) is 0. The van der Waals surface area contributed by atoms with E-state index < -0.39 is 77.2 Å². The van der Waals surface area contributed by atoms with Gasteiger partial charge in [0, 0.05) is 36.4 Å². The van der Waals surface area contributed by atoms with Gasteiger partial charge in [-0.3, -0.25) is 0 Å². The van der Waals surface area contributed by atoms with Gasteiger partial charge in [-0.1, -0.05) is 0 Å². The zero-order chi connectivity index (χ0) is 28.5. The van der Waals surface area contributed by atoms with Crippen molar-refractivity contribution in [1.29, 1.82) is 0 Å². The maximum absolute atomic E-state index is 14.1. The molecule has 0 fully saturated rings. The number of hydrogen-bond acceptors (Lipinski definition) is 10. The van der Waals surface area contributed by atoms with Crippen LogP contribution in [-0.2, 0) is 18.4 Å². The van der Waals surface area contributed by atoms with Gasteiger partial charge in [-0.2, -0.15) is 15.5 Å². The molecule has 10 nitrogen and oxygen atoms in total. The lowest BCUT2D eigenvalue weighted by molar-refractivity contribution is 0.0843. The van der Waals surface area contributed by atoms with E-state index in [1.165, 1.54) is 0 Å². The van der Waals surface area contributed by atoms with E-state index in [0.29, 0.717) is 0 Å². The maximum Gasteiger partial charge on any atom is 0.543 e. The molecule has 0 saturated carbocycles. The fraction of sp³-hybridized carbons (Fsp3) is 0. The van der Waals surface area contributed by atoms with Crippen LogP contribution in [0.3, 0.4) is 0 Å². The van der Waals surface area contributed by atoms with Crippen LogP contribution in [0.4, 0.5) is 56.6 Å². The molecule has 0 heterocycles. The van der Waals surface area contributed by atoms with Gasteiger partial charge in [-0.25, -0.2) is 61.6 Å². The number of rotatable bonds is 9. The number of phosphoric acid groups is 1. The Morgan fingerprint density at radius 2 is 0.658 bits per heavy atom. The normalized spacial score (nSPS) is 11.6.